The highest BCUT2D eigenvalue weighted by Gasteiger charge is 2.11. The van der Waals surface area contributed by atoms with Gasteiger partial charge in [0.15, 0.2) is 6.07 Å². The van der Waals surface area contributed by atoms with E-state index in [9.17, 15) is 4.79 Å². The van der Waals surface area contributed by atoms with Gasteiger partial charge in [0.25, 0.3) is 0 Å². The number of allylic oxidation sites excluding steroid dienone is 1. The predicted molar refractivity (Wildman–Crippen MR) is 46.4 cm³/mol. The molecule has 1 aliphatic heterocycles. The molecule has 66 valence electrons. The predicted octanol–water partition coefficient (Wildman–Crippen LogP) is 1.46. The van der Waals surface area contributed by atoms with Gasteiger partial charge < -0.3 is 9.64 Å². The Balaban J connectivity index is 2.57. The lowest BCUT2D eigenvalue weighted by atomic mass is 10.1. The lowest BCUT2D eigenvalue weighted by molar-refractivity contribution is -0.137. The molecule has 0 fully saturated rings. The molecule has 0 unspecified atom stereocenters. The first kappa shape index (κ1) is 9.13. The third-order valence-corrected chi connectivity index (χ3v) is 1.59. The van der Waals surface area contributed by atoms with Gasteiger partial charge in [-0.2, -0.15) is 0 Å². The maximum Gasteiger partial charge on any atom is 0.337 e. The fourth-order valence-electron chi connectivity index (χ4n) is 0.966. The Labute approximate surface area is 76.2 Å². The summed E-state index contributed by atoms with van der Waals surface area (Å²) in [5, 5.41) is 0. The fraction of sp³-hybridized carbons (Fsp3) is 0.375. The van der Waals surface area contributed by atoms with Crippen molar-refractivity contribution in [1.29, 1.82) is 0 Å². The minimum Gasteiger partial charge on any atom is -0.446 e. The zero-order chi connectivity index (χ0) is 8.97. The Bertz CT molecular complexity index is 235. The summed E-state index contributed by atoms with van der Waals surface area (Å²) < 4.78 is 4.63. The average molecular weight is 188 g/mol. The Morgan fingerprint density at radius 2 is 2.58 bits per heavy atom. The number of esters is 1. The summed E-state index contributed by atoms with van der Waals surface area (Å²) in [6, 6.07) is -0.0936. The van der Waals surface area contributed by atoms with E-state index in [4.69, 9.17) is 11.6 Å². The molecule has 3 nitrogen and oxygen atoms in total. The summed E-state index contributed by atoms with van der Waals surface area (Å²) in [6.45, 7) is 0. The van der Waals surface area contributed by atoms with Gasteiger partial charge >= 0.3 is 5.97 Å². The molecule has 12 heavy (non-hydrogen) atoms. The van der Waals surface area contributed by atoms with Crippen molar-refractivity contribution in [2.75, 3.05) is 13.1 Å². The van der Waals surface area contributed by atoms with Crippen LogP contribution in [0.2, 0.25) is 0 Å². The summed E-state index contributed by atoms with van der Waals surface area (Å²) in [5.74, 6) is -0.346. The standard InChI is InChI=1S/C8H10ClNO2/c1-10-4-2-3-7(5-10)8(11)12-6-9/h2,4-5H,3,6H2,1H3. The van der Waals surface area contributed by atoms with E-state index in [2.05, 4.69) is 4.74 Å². The van der Waals surface area contributed by atoms with Crippen molar-refractivity contribution in [2.24, 2.45) is 0 Å². The Kier molecular flexibility index (Phi) is 3.17. The smallest absolute Gasteiger partial charge is 0.337 e. The highest BCUT2D eigenvalue weighted by atomic mass is 35.5. The van der Waals surface area contributed by atoms with Crippen LogP contribution < -0.4 is 0 Å². The third kappa shape index (κ3) is 2.27. The summed E-state index contributed by atoms with van der Waals surface area (Å²) in [4.78, 5) is 12.9. The molecule has 0 atom stereocenters. The molecule has 0 aromatic carbocycles. The third-order valence-electron chi connectivity index (χ3n) is 1.49. The number of carbonyl (C=O) groups is 1. The normalized spacial score (nSPS) is 15.8. The number of hydrogen-bond acceptors (Lipinski definition) is 3. The number of ether oxygens (including phenoxy) is 1. The van der Waals surface area contributed by atoms with Crippen molar-refractivity contribution in [3.63, 3.8) is 0 Å². The van der Waals surface area contributed by atoms with Gasteiger partial charge in [-0.25, -0.2) is 4.79 Å². The molecule has 0 saturated heterocycles. The number of rotatable bonds is 2. The maximum absolute atomic E-state index is 11.1. The van der Waals surface area contributed by atoms with Crippen molar-refractivity contribution in [3.8, 4) is 0 Å². The number of hydrogen-bond donors (Lipinski definition) is 0. The molecular formula is C8H10ClNO2. The highest BCUT2D eigenvalue weighted by Crippen LogP contribution is 2.11. The van der Waals surface area contributed by atoms with Crippen molar-refractivity contribution < 1.29 is 9.53 Å². The van der Waals surface area contributed by atoms with Gasteiger partial charge in [-0.15, -0.1) is 0 Å². The van der Waals surface area contributed by atoms with Gasteiger partial charge in [-0.05, 0) is 6.20 Å². The van der Waals surface area contributed by atoms with Gasteiger partial charge in [0.2, 0.25) is 0 Å². The molecule has 0 spiro atoms. The lowest BCUT2D eigenvalue weighted by Gasteiger charge is -2.14. The number of alkyl halides is 1. The van der Waals surface area contributed by atoms with E-state index in [0.29, 0.717) is 12.0 Å². The van der Waals surface area contributed by atoms with Gasteiger partial charge in [0.1, 0.15) is 0 Å². The van der Waals surface area contributed by atoms with Crippen molar-refractivity contribution in [1.82, 2.24) is 4.90 Å². The topological polar surface area (TPSA) is 29.5 Å². The minimum absolute atomic E-state index is 0.0936. The lowest BCUT2D eigenvalue weighted by Crippen LogP contribution is -2.13. The van der Waals surface area contributed by atoms with Crippen LogP contribution in [0.4, 0.5) is 0 Å². The first-order chi connectivity index (χ1) is 5.74. The molecule has 0 radical (unpaired) electrons. The summed E-state index contributed by atoms with van der Waals surface area (Å²) in [5.41, 5.74) is 0.626. The average Bonchev–Trinajstić information content (AvgIpc) is 2.05. The first-order valence-electron chi connectivity index (χ1n) is 3.56. The molecule has 4 heteroatoms. The molecule has 0 amide bonds. The first-order valence-corrected chi connectivity index (χ1v) is 4.10. The molecule has 1 heterocycles. The van der Waals surface area contributed by atoms with Gasteiger partial charge in [-0.3, -0.25) is 0 Å². The van der Waals surface area contributed by atoms with Crippen molar-refractivity contribution in [2.45, 2.75) is 6.42 Å². The SMILES string of the molecule is CN1C=CCC(C(=O)OCCl)=C1. The summed E-state index contributed by atoms with van der Waals surface area (Å²) in [7, 11) is 1.85. The monoisotopic (exact) mass is 187 g/mol. The summed E-state index contributed by atoms with van der Waals surface area (Å²) >= 11 is 5.25. The summed E-state index contributed by atoms with van der Waals surface area (Å²) in [6.07, 6.45) is 6.12. The Hall–Kier alpha value is -0.960. The fourth-order valence-corrected chi connectivity index (χ4v) is 1.06. The van der Waals surface area contributed by atoms with Crippen LogP contribution in [0.5, 0.6) is 0 Å². The zero-order valence-corrected chi connectivity index (χ0v) is 7.54. The van der Waals surface area contributed by atoms with Crippen LogP contribution in [-0.2, 0) is 9.53 Å². The maximum atomic E-state index is 11.1. The van der Waals surface area contributed by atoms with E-state index in [-0.39, 0.29) is 12.0 Å². The molecule has 0 saturated carbocycles. The Morgan fingerprint density at radius 1 is 1.83 bits per heavy atom. The molecule has 1 rings (SSSR count). The quantitative estimate of drug-likeness (QED) is 0.484. The number of carbonyl (C=O) groups excluding carboxylic acids is 1. The van der Waals surface area contributed by atoms with E-state index in [0.717, 1.165) is 0 Å². The number of nitrogens with zero attached hydrogens (tertiary/aromatic N) is 1. The Morgan fingerprint density at radius 3 is 3.17 bits per heavy atom. The van der Waals surface area contributed by atoms with Crippen LogP contribution in [0.3, 0.4) is 0 Å². The van der Waals surface area contributed by atoms with Crippen LogP contribution in [0, 0.1) is 0 Å². The van der Waals surface area contributed by atoms with Gasteiger partial charge in [0, 0.05) is 19.7 Å². The van der Waals surface area contributed by atoms with E-state index >= 15 is 0 Å². The van der Waals surface area contributed by atoms with Crippen LogP contribution >= 0.6 is 11.6 Å². The second kappa shape index (κ2) is 4.16. The van der Waals surface area contributed by atoms with Crippen LogP contribution in [0.15, 0.2) is 24.0 Å². The van der Waals surface area contributed by atoms with E-state index in [1.54, 1.807) is 11.1 Å². The minimum atomic E-state index is -0.346. The molecule has 0 aliphatic carbocycles. The molecule has 0 bridgehead atoms. The molecule has 0 N–H and O–H groups in total. The molecule has 1 aliphatic rings. The van der Waals surface area contributed by atoms with Crippen molar-refractivity contribution >= 4 is 17.6 Å². The van der Waals surface area contributed by atoms with E-state index < -0.39 is 0 Å². The van der Waals surface area contributed by atoms with Gasteiger partial charge in [-0.1, -0.05) is 17.7 Å². The largest absolute Gasteiger partial charge is 0.446 e. The highest BCUT2D eigenvalue weighted by molar-refractivity contribution is 6.17. The zero-order valence-electron chi connectivity index (χ0n) is 6.79. The van der Waals surface area contributed by atoms with Crippen LogP contribution in [0.1, 0.15) is 6.42 Å². The van der Waals surface area contributed by atoms with Crippen LogP contribution in [-0.4, -0.2) is 24.0 Å². The molecule has 0 aromatic heterocycles. The molecule has 0 aromatic rings. The van der Waals surface area contributed by atoms with E-state index in [1.807, 2.05) is 19.3 Å². The molecular weight excluding hydrogens is 178 g/mol. The second-order valence-electron chi connectivity index (χ2n) is 2.45. The van der Waals surface area contributed by atoms with E-state index in [1.165, 1.54) is 0 Å². The number of halogens is 1. The second-order valence-corrected chi connectivity index (χ2v) is 2.67. The van der Waals surface area contributed by atoms with Crippen LogP contribution in [0.25, 0.3) is 0 Å². The van der Waals surface area contributed by atoms with Crippen molar-refractivity contribution in [3.05, 3.63) is 24.0 Å². The van der Waals surface area contributed by atoms with Gasteiger partial charge in [0.05, 0.1) is 5.57 Å².